The fraction of sp³-hybridized carbons (Fsp3) is 0.359. The van der Waals surface area contributed by atoms with Crippen LogP contribution < -0.4 is 18.3 Å². The predicted molar refractivity (Wildman–Crippen MR) is 460 cm³/mol. The van der Waals surface area contributed by atoms with E-state index in [1.165, 1.54) is 130 Å². The van der Waals surface area contributed by atoms with Gasteiger partial charge in [0.1, 0.15) is 39.8 Å². The van der Waals surface area contributed by atoms with E-state index in [4.69, 9.17) is 0 Å². The molecule has 6 heteroatoms. The molecule has 9 aromatic carbocycles. The highest BCUT2D eigenvalue weighted by atomic mass is 19.1. The Kier molecular flexibility index (Phi) is 23.5. The first-order chi connectivity index (χ1) is 51.1. The summed E-state index contributed by atoms with van der Waals surface area (Å²) in [5.74, 6) is -0.212. The van der Waals surface area contributed by atoms with Gasteiger partial charge in [-0.3, -0.25) is 0 Å². The molecule has 0 saturated carbocycles. The van der Waals surface area contributed by atoms with Crippen LogP contribution in [0, 0.1) is 103 Å². The monoisotopic (exact) mass is 1450 g/mol. The smallest absolute Gasteiger partial charge is 0.206 e. The molecule has 4 heterocycles. The van der Waals surface area contributed by atoms with Gasteiger partial charge in [-0.05, 0) is 300 Å². The summed E-state index contributed by atoms with van der Waals surface area (Å²) >= 11 is 0. The van der Waals surface area contributed by atoms with Crippen molar-refractivity contribution >= 4 is 43.1 Å². The van der Waals surface area contributed by atoms with Crippen molar-refractivity contribution in [3.05, 3.63) is 283 Å². The maximum Gasteiger partial charge on any atom is 0.223 e. The maximum absolute atomic E-state index is 15.1. The van der Waals surface area contributed by atoms with Crippen LogP contribution in [0.15, 0.2) is 183 Å². The van der Waals surface area contributed by atoms with E-state index in [0.29, 0.717) is 16.5 Å². The minimum absolute atomic E-state index is 0.0957. The van der Waals surface area contributed by atoms with E-state index in [2.05, 4.69) is 317 Å². The molecule has 0 saturated heterocycles. The van der Waals surface area contributed by atoms with Gasteiger partial charge in [0.15, 0.2) is 24.8 Å². The van der Waals surface area contributed by atoms with Gasteiger partial charge in [-0.2, -0.15) is 0 Å². The number of pyridine rings is 4. The first-order valence-corrected chi connectivity index (χ1v) is 39.6. The standard InChI is InChI=1S/C30H34N.C25H30N.2C24H29FN/c1-20-9-8-10-21(2)28(20)25-12-14-26(22(3)17-25)29-27-13-11-23(19-30(4,5)6)18-24(27)15-16-31(29)7;1-17-13-19-7-6-8-20(19)15-23(17)24-22-10-9-18(16-25(2,3)4)14-21(22)11-12-26(24)5;1-15-12-21(16(2)17(3)22(15)25)23-20-9-8-18(14-24(4,5)6)13-19(20)10-11-26(23)7;1-15-12-16(2)22(25)21(17(15)3)23-20-9-8-18(14-24(4,5)6)13-19(20)10-11-26(23)7/h8-18H,19H2,1-7H3;9-15H,6-8,16H2,1-5H3;2*8-13H,14H2,1-7H3/q4*+1. The summed E-state index contributed by atoms with van der Waals surface area (Å²) in [6, 6.07) is 58.4. The van der Waals surface area contributed by atoms with Gasteiger partial charge < -0.3 is 0 Å². The van der Waals surface area contributed by atoms with E-state index >= 15 is 4.39 Å². The summed E-state index contributed by atoms with van der Waals surface area (Å²) in [5, 5.41) is 10.0. The van der Waals surface area contributed by atoms with Gasteiger partial charge in [0.2, 0.25) is 22.8 Å². The zero-order valence-electron chi connectivity index (χ0n) is 70.8. The molecule has 0 spiro atoms. The highest BCUT2D eigenvalue weighted by Crippen LogP contribution is 2.40. The van der Waals surface area contributed by atoms with E-state index in [9.17, 15) is 4.39 Å². The SMILES string of the molecule is Cc1cc(-c2c(C)cccc2C)ccc1-c1c2ccc(CC(C)(C)C)cc2cc[n+]1C.Cc1cc(-c2c3ccc(CC(C)(C)C)cc3cc[n+]2C)c(C)c(C)c1F.Cc1cc(C)c(F)c(-c2c3ccc(CC(C)(C)C)cc3cc[n+]2C)c1C.Cc1cc2c(cc1-c1c3ccc(CC(C)(C)C)cc3cc[n+]1C)CCC2. The minimum atomic E-state index is -0.116. The van der Waals surface area contributed by atoms with Crippen molar-refractivity contribution in [3.63, 3.8) is 0 Å². The Hall–Kier alpha value is -9.52. The third kappa shape index (κ3) is 18.4. The molecule has 0 bridgehead atoms. The zero-order chi connectivity index (χ0) is 79.3. The number of aromatic nitrogens is 4. The Morgan fingerprint density at radius 1 is 0.294 bits per heavy atom. The van der Waals surface area contributed by atoms with Crippen LogP contribution in [-0.4, -0.2) is 0 Å². The Bertz CT molecular complexity index is 5590. The number of hydrogen-bond donors (Lipinski definition) is 0. The maximum atomic E-state index is 15.1. The third-order valence-electron chi connectivity index (χ3n) is 22.1. The lowest BCUT2D eigenvalue weighted by atomic mass is 9.87. The second kappa shape index (κ2) is 31.8. The lowest BCUT2D eigenvalue weighted by Gasteiger charge is -2.18. The van der Waals surface area contributed by atoms with Crippen molar-refractivity contribution in [1.82, 2.24) is 0 Å². The van der Waals surface area contributed by atoms with E-state index in [1.807, 2.05) is 64.6 Å². The molecule has 0 N–H and O–H groups in total. The Morgan fingerprint density at radius 2 is 0.661 bits per heavy atom. The molecule has 0 amide bonds. The molecule has 0 fully saturated rings. The summed E-state index contributed by atoms with van der Waals surface area (Å²) in [5.41, 5.74) is 32.2. The quantitative estimate of drug-likeness (QED) is 0.128. The highest BCUT2D eigenvalue weighted by molar-refractivity contribution is 5.98. The van der Waals surface area contributed by atoms with Crippen molar-refractivity contribution in [2.75, 3.05) is 0 Å². The minimum Gasteiger partial charge on any atom is -0.206 e. The van der Waals surface area contributed by atoms with E-state index in [0.717, 1.165) is 81.2 Å². The van der Waals surface area contributed by atoms with Crippen LogP contribution in [0.5, 0.6) is 0 Å². The van der Waals surface area contributed by atoms with Gasteiger partial charge in [-0.1, -0.05) is 174 Å². The Balaban J connectivity index is 0.000000145. The van der Waals surface area contributed by atoms with Gasteiger partial charge in [0.25, 0.3) is 0 Å². The summed E-state index contributed by atoms with van der Waals surface area (Å²) < 4.78 is 38.2. The highest BCUT2D eigenvalue weighted by Gasteiger charge is 2.28. The van der Waals surface area contributed by atoms with Crippen molar-refractivity contribution in [2.24, 2.45) is 49.9 Å². The number of benzene rings is 9. The second-order valence-electron chi connectivity index (χ2n) is 37.0. The molecule has 0 atom stereocenters. The fourth-order valence-electron chi connectivity index (χ4n) is 16.9. The van der Waals surface area contributed by atoms with Crippen LogP contribution in [0.2, 0.25) is 0 Å². The molecule has 0 unspecified atom stereocenters. The number of rotatable bonds is 9. The summed E-state index contributed by atoms with van der Waals surface area (Å²) in [4.78, 5) is 0. The van der Waals surface area contributed by atoms with Gasteiger partial charge in [-0.25, -0.2) is 27.0 Å². The summed E-state index contributed by atoms with van der Waals surface area (Å²) in [6.07, 6.45) is 16.6. The molecular weight excluding hydrogens is 1330 g/mol. The number of fused-ring (bicyclic) bond motifs is 5. The van der Waals surface area contributed by atoms with E-state index in [1.54, 1.807) is 11.1 Å². The molecule has 4 aromatic heterocycles. The van der Waals surface area contributed by atoms with Crippen molar-refractivity contribution in [1.29, 1.82) is 0 Å². The fourth-order valence-corrected chi connectivity index (χ4v) is 16.9. The van der Waals surface area contributed by atoms with Crippen molar-refractivity contribution < 1.29 is 27.0 Å². The van der Waals surface area contributed by atoms with E-state index < -0.39 is 0 Å². The molecule has 564 valence electrons. The third-order valence-corrected chi connectivity index (χ3v) is 22.1. The van der Waals surface area contributed by atoms with Crippen LogP contribution in [-0.2, 0) is 66.7 Å². The molecule has 1 aliphatic carbocycles. The normalized spacial score (nSPS) is 12.4. The van der Waals surface area contributed by atoms with Gasteiger partial charge in [0.05, 0.1) is 32.7 Å². The number of aryl methyl sites for hydroxylation is 13. The predicted octanol–water partition coefficient (Wildman–Crippen LogP) is 25.2. The van der Waals surface area contributed by atoms with Crippen LogP contribution in [0.4, 0.5) is 8.78 Å². The molecule has 0 aliphatic heterocycles. The first kappa shape index (κ1) is 80.5. The average Bonchev–Trinajstić information content (AvgIpc) is 1.39. The summed E-state index contributed by atoms with van der Waals surface area (Å²) in [6.45, 7) is 47.9. The van der Waals surface area contributed by atoms with Crippen LogP contribution >= 0.6 is 0 Å². The number of hydrogen-bond acceptors (Lipinski definition) is 0. The molecular formula is C103H122F2N4+4. The van der Waals surface area contributed by atoms with Crippen LogP contribution in [0.25, 0.3) is 99.2 Å². The van der Waals surface area contributed by atoms with Gasteiger partial charge in [-0.15, -0.1) is 0 Å². The number of halogens is 2. The molecule has 0 radical (unpaired) electrons. The Morgan fingerprint density at radius 3 is 1.07 bits per heavy atom. The summed E-state index contributed by atoms with van der Waals surface area (Å²) in [7, 11) is 8.38. The number of nitrogens with zero attached hydrogens (tertiary/aromatic N) is 4. The van der Waals surface area contributed by atoms with Gasteiger partial charge in [0, 0.05) is 35.4 Å². The topological polar surface area (TPSA) is 15.5 Å². The molecule has 14 rings (SSSR count). The van der Waals surface area contributed by atoms with Crippen LogP contribution in [0.3, 0.4) is 0 Å². The van der Waals surface area contributed by atoms with Crippen molar-refractivity contribution in [3.8, 4) is 56.2 Å². The van der Waals surface area contributed by atoms with Crippen LogP contribution in [0.1, 0.15) is 179 Å². The van der Waals surface area contributed by atoms with Gasteiger partial charge >= 0.3 is 0 Å². The first-order valence-electron chi connectivity index (χ1n) is 39.6. The average molecular weight is 1450 g/mol. The lowest BCUT2D eigenvalue weighted by Crippen LogP contribution is -2.31. The second-order valence-corrected chi connectivity index (χ2v) is 37.0. The molecule has 1 aliphatic rings. The molecule has 4 nitrogen and oxygen atoms in total. The molecule has 109 heavy (non-hydrogen) atoms. The molecule has 13 aromatic rings. The lowest BCUT2D eigenvalue weighted by molar-refractivity contribution is -0.659. The zero-order valence-corrected chi connectivity index (χ0v) is 70.8. The Labute approximate surface area is 652 Å². The van der Waals surface area contributed by atoms with E-state index in [-0.39, 0.29) is 27.9 Å². The van der Waals surface area contributed by atoms with Crippen molar-refractivity contribution in [2.45, 2.75) is 197 Å². The largest absolute Gasteiger partial charge is 0.223 e.